The van der Waals surface area contributed by atoms with Crippen LogP contribution in [0.5, 0.6) is 0 Å². The van der Waals surface area contributed by atoms with Crippen LogP contribution >= 0.6 is 0 Å². The van der Waals surface area contributed by atoms with Crippen LogP contribution in [-0.2, 0) is 19.7 Å². The fourth-order valence-electron chi connectivity index (χ4n) is 3.50. The summed E-state index contributed by atoms with van der Waals surface area (Å²) in [4.78, 5) is 12.2. The quantitative estimate of drug-likeness (QED) is 0.363. The van der Waals surface area contributed by atoms with Crippen molar-refractivity contribution in [3.63, 3.8) is 0 Å². The van der Waals surface area contributed by atoms with Gasteiger partial charge < -0.3 is 4.40 Å². The predicted molar refractivity (Wildman–Crippen MR) is 124 cm³/mol. The maximum atomic E-state index is 13.4. The predicted octanol–water partition coefficient (Wildman–Crippen LogP) is 3.21. The first-order valence-electron chi connectivity index (χ1n) is 10.3. The molecule has 2 aromatic heterocycles. The van der Waals surface area contributed by atoms with E-state index in [1.807, 2.05) is 0 Å². The highest BCUT2D eigenvalue weighted by Gasteiger charge is 2.36. The number of carbonyl (C=O) groups excluding carboxylic acids is 1. The third-order valence-electron chi connectivity index (χ3n) is 4.77. The lowest BCUT2D eigenvalue weighted by molar-refractivity contribution is 0.0945. The largest absolute Gasteiger partial charge is 0.310 e. The standard InChI is InChI=1S/C22H24FN3O5S2/c1-3-12-32(28,29)20-18-10-5-6-11-26(18)19(21(20)33(30,31)13-4-2)22(27)25-24-15-16-8-7-9-17(23)14-16/h5-11,14-15H,3-4,12-13H2,1-2H3,(H,25,27). The number of amides is 1. The first kappa shape index (κ1) is 24.6. The molecule has 0 aliphatic heterocycles. The molecule has 176 valence electrons. The maximum absolute atomic E-state index is 13.4. The Balaban J connectivity index is 2.21. The zero-order valence-electron chi connectivity index (χ0n) is 18.2. The highest BCUT2D eigenvalue weighted by atomic mass is 32.2. The molecule has 8 nitrogen and oxygen atoms in total. The molecule has 3 rings (SSSR count). The van der Waals surface area contributed by atoms with Gasteiger partial charge in [-0.05, 0) is 42.7 Å². The Hall–Kier alpha value is -3.05. The summed E-state index contributed by atoms with van der Waals surface area (Å²) in [5.41, 5.74) is 2.37. The Morgan fingerprint density at radius 1 is 1.00 bits per heavy atom. The number of hydrazone groups is 1. The van der Waals surface area contributed by atoms with Gasteiger partial charge in [0.2, 0.25) is 0 Å². The van der Waals surface area contributed by atoms with Gasteiger partial charge in [0.05, 0.1) is 23.2 Å². The number of sulfone groups is 2. The van der Waals surface area contributed by atoms with E-state index in [4.69, 9.17) is 0 Å². The molecule has 0 saturated carbocycles. The number of rotatable bonds is 9. The molecule has 11 heteroatoms. The lowest BCUT2D eigenvalue weighted by Gasteiger charge is -2.08. The molecule has 0 unspecified atom stereocenters. The van der Waals surface area contributed by atoms with Crippen molar-refractivity contribution in [1.82, 2.24) is 9.83 Å². The summed E-state index contributed by atoms with van der Waals surface area (Å²) >= 11 is 0. The van der Waals surface area contributed by atoms with Crippen molar-refractivity contribution in [3.8, 4) is 0 Å². The highest BCUT2D eigenvalue weighted by molar-refractivity contribution is 7.94. The summed E-state index contributed by atoms with van der Waals surface area (Å²) in [5.74, 6) is -1.99. The lowest BCUT2D eigenvalue weighted by Crippen LogP contribution is -2.23. The minimum absolute atomic E-state index is 0.0971. The van der Waals surface area contributed by atoms with E-state index in [9.17, 15) is 26.0 Å². The molecule has 0 spiro atoms. The van der Waals surface area contributed by atoms with Crippen molar-refractivity contribution >= 4 is 37.3 Å². The van der Waals surface area contributed by atoms with E-state index in [1.54, 1.807) is 32.0 Å². The maximum Gasteiger partial charge on any atom is 0.289 e. The molecule has 0 radical (unpaired) electrons. The lowest BCUT2D eigenvalue weighted by atomic mass is 10.2. The van der Waals surface area contributed by atoms with E-state index in [2.05, 4.69) is 10.5 Å². The van der Waals surface area contributed by atoms with Gasteiger partial charge in [0, 0.05) is 6.20 Å². The molecule has 3 aromatic rings. The zero-order chi connectivity index (χ0) is 24.2. The Labute approximate surface area is 192 Å². The van der Waals surface area contributed by atoms with Gasteiger partial charge in [-0.2, -0.15) is 5.10 Å². The van der Waals surface area contributed by atoms with Crippen molar-refractivity contribution in [2.75, 3.05) is 11.5 Å². The van der Waals surface area contributed by atoms with Crippen LogP contribution in [0, 0.1) is 5.82 Å². The van der Waals surface area contributed by atoms with Crippen LogP contribution in [0.3, 0.4) is 0 Å². The molecule has 1 aromatic carbocycles. The van der Waals surface area contributed by atoms with Crippen LogP contribution in [0.2, 0.25) is 0 Å². The number of carbonyl (C=O) groups is 1. The van der Waals surface area contributed by atoms with Gasteiger partial charge in [0.1, 0.15) is 21.3 Å². The van der Waals surface area contributed by atoms with Crippen molar-refractivity contribution in [3.05, 3.63) is 65.7 Å². The normalized spacial score (nSPS) is 12.5. The zero-order valence-corrected chi connectivity index (χ0v) is 19.8. The number of hydrogen-bond acceptors (Lipinski definition) is 6. The van der Waals surface area contributed by atoms with E-state index in [0.29, 0.717) is 5.56 Å². The minimum Gasteiger partial charge on any atom is -0.310 e. The molecule has 0 aliphatic rings. The van der Waals surface area contributed by atoms with Crippen LogP contribution in [0.1, 0.15) is 42.7 Å². The first-order valence-corrected chi connectivity index (χ1v) is 13.6. The Kier molecular flexibility index (Phi) is 7.33. The van der Waals surface area contributed by atoms with Gasteiger partial charge in [-0.1, -0.05) is 32.0 Å². The number of benzene rings is 1. The van der Waals surface area contributed by atoms with Crippen LogP contribution in [-0.4, -0.2) is 44.9 Å². The van der Waals surface area contributed by atoms with E-state index in [-0.39, 0.29) is 40.5 Å². The van der Waals surface area contributed by atoms with Crippen LogP contribution in [0.4, 0.5) is 4.39 Å². The average Bonchev–Trinajstić information content (AvgIpc) is 3.11. The molecular weight excluding hydrogens is 469 g/mol. The average molecular weight is 494 g/mol. The fourth-order valence-corrected chi connectivity index (χ4v) is 7.49. The van der Waals surface area contributed by atoms with Crippen LogP contribution < -0.4 is 5.43 Å². The molecule has 1 N–H and O–H groups in total. The smallest absolute Gasteiger partial charge is 0.289 e. The molecular formula is C22H24FN3O5S2. The molecule has 0 bridgehead atoms. The Bertz CT molecular complexity index is 1430. The first-order chi connectivity index (χ1) is 15.6. The highest BCUT2D eigenvalue weighted by Crippen LogP contribution is 2.34. The summed E-state index contributed by atoms with van der Waals surface area (Å²) in [6, 6.07) is 10.1. The van der Waals surface area contributed by atoms with E-state index >= 15 is 0 Å². The topological polar surface area (TPSA) is 114 Å². The monoisotopic (exact) mass is 493 g/mol. The number of halogens is 1. The Morgan fingerprint density at radius 3 is 2.30 bits per heavy atom. The van der Waals surface area contributed by atoms with E-state index in [1.165, 1.54) is 41.1 Å². The number of fused-ring (bicyclic) bond motifs is 1. The molecule has 1 amide bonds. The summed E-state index contributed by atoms with van der Waals surface area (Å²) in [6.45, 7) is 3.32. The molecule has 0 atom stereocenters. The molecule has 0 saturated heterocycles. The van der Waals surface area contributed by atoms with Crippen LogP contribution in [0.15, 0.2) is 63.6 Å². The fraction of sp³-hybridized carbons (Fsp3) is 0.273. The number of nitrogens with one attached hydrogen (secondary N) is 1. The molecule has 0 aliphatic carbocycles. The SMILES string of the molecule is CCCS(=O)(=O)c1c(S(=O)(=O)CCC)c2ccccn2c1C(=O)NN=Cc1cccc(F)c1. The third kappa shape index (κ3) is 5.14. The van der Waals surface area contributed by atoms with E-state index < -0.39 is 36.3 Å². The second-order valence-electron chi connectivity index (χ2n) is 7.35. The van der Waals surface area contributed by atoms with Gasteiger partial charge in [-0.15, -0.1) is 0 Å². The van der Waals surface area contributed by atoms with Crippen molar-refractivity contribution in [2.24, 2.45) is 5.10 Å². The van der Waals surface area contributed by atoms with Gasteiger partial charge in [-0.25, -0.2) is 26.7 Å². The summed E-state index contributed by atoms with van der Waals surface area (Å²) in [6.07, 6.45) is 3.14. The summed E-state index contributed by atoms with van der Waals surface area (Å²) in [5, 5.41) is 3.79. The van der Waals surface area contributed by atoms with Crippen LogP contribution in [0.25, 0.3) is 5.52 Å². The van der Waals surface area contributed by atoms with Crippen molar-refractivity contribution in [1.29, 1.82) is 0 Å². The molecule has 2 heterocycles. The number of nitrogens with zero attached hydrogens (tertiary/aromatic N) is 2. The third-order valence-corrected chi connectivity index (χ3v) is 8.84. The number of hydrogen-bond donors (Lipinski definition) is 1. The number of aromatic nitrogens is 1. The van der Waals surface area contributed by atoms with Gasteiger partial charge in [-0.3, -0.25) is 4.79 Å². The van der Waals surface area contributed by atoms with Gasteiger partial charge in [0.25, 0.3) is 5.91 Å². The summed E-state index contributed by atoms with van der Waals surface area (Å²) in [7, 11) is -8.14. The minimum atomic E-state index is -4.13. The van der Waals surface area contributed by atoms with Crippen molar-refractivity contribution < 1.29 is 26.0 Å². The van der Waals surface area contributed by atoms with Crippen molar-refractivity contribution in [2.45, 2.75) is 36.5 Å². The second-order valence-corrected chi connectivity index (χ2v) is 11.4. The molecule has 33 heavy (non-hydrogen) atoms. The summed E-state index contributed by atoms with van der Waals surface area (Å²) < 4.78 is 67.2. The number of pyridine rings is 1. The van der Waals surface area contributed by atoms with Gasteiger partial charge in [0.15, 0.2) is 19.7 Å². The van der Waals surface area contributed by atoms with E-state index in [0.717, 1.165) is 0 Å². The van der Waals surface area contributed by atoms with Gasteiger partial charge >= 0.3 is 0 Å². The second kappa shape index (κ2) is 9.84. The Morgan fingerprint density at radius 2 is 1.67 bits per heavy atom. The molecule has 0 fully saturated rings.